The minimum absolute atomic E-state index is 0.489. The molecular formula is C18H19NS. The Morgan fingerprint density at radius 3 is 2.75 bits per heavy atom. The summed E-state index contributed by atoms with van der Waals surface area (Å²) in [5.41, 5.74) is 2.80. The van der Waals surface area contributed by atoms with Crippen molar-refractivity contribution in [1.82, 2.24) is 5.32 Å². The maximum atomic E-state index is 3.63. The molecule has 1 aromatic heterocycles. The van der Waals surface area contributed by atoms with E-state index in [4.69, 9.17) is 0 Å². The Morgan fingerprint density at radius 1 is 1.05 bits per heavy atom. The highest BCUT2D eigenvalue weighted by Gasteiger charge is 2.05. The quantitative estimate of drug-likeness (QED) is 0.719. The molecule has 3 rings (SSSR count). The van der Waals surface area contributed by atoms with Gasteiger partial charge >= 0.3 is 0 Å². The first-order valence-corrected chi connectivity index (χ1v) is 7.98. The van der Waals surface area contributed by atoms with Crippen LogP contribution >= 0.6 is 11.3 Å². The van der Waals surface area contributed by atoms with Gasteiger partial charge in [0.2, 0.25) is 0 Å². The molecule has 0 amide bonds. The van der Waals surface area contributed by atoms with Gasteiger partial charge in [0.1, 0.15) is 0 Å². The largest absolute Gasteiger partial charge is 0.310 e. The number of thiophene rings is 1. The van der Waals surface area contributed by atoms with Gasteiger partial charge in [0, 0.05) is 12.6 Å². The van der Waals surface area contributed by atoms with E-state index in [1.807, 2.05) is 0 Å². The normalized spacial score (nSPS) is 12.7. The van der Waals surface area contributed by atoms with Crippen LogP contribution < -0.4 is 5.32 Å². The van der Waals surface area contributed by atoms with Crippen molar-refractivity contribution in [3.63, 3.8) is 0 Å². The third-order valence-electron chi connectivity index (χ3n) is 3.64. The Morgan fingerprint density at radius 2 is 1.90 bits per heavy atom. The second-order valence-corrected chi connectivity index (χ2v) is 6.04. The second-order valence-electron chi connectivity index (χ2n) is 5.26. The smallest absolute Gasteiger partial charge is 0.0214 e. The molecule has 0 aliphatic heterocycles. The number of hydrogen-bond acceptors (Lipinski definition) is 2. The molecule has 1 heterocycles. The van der Waals surface area contributed by atoms with E-state index in [2.05, 4.69) is 71.5 Å². The lowest BCUT2D eigenvalue weighted by molar-refractivity contribution is 0.547. The second kappa shape index (κ2) is 6.21. The first kappa shape index (κ1) is 13.3. The lowest BCUT2D eigenvalue weighted by Crippen LogP contribution is -2.27. The summed E-state index contributed by atoms with van der Waals surface area (Å²) in [6, 6.07) is 17.8. The van der Waals surface area contributed by atoms with Gasteiger partial charge in [0.05, 0.1) is 0 Å². The predicted molar refractivity (Wildman–Crippen MR) is 88.3 cm³/mol. The van der Waals surface area contributed by atoms with Gasteiger partial charge in [-0.3, -0.25) is 0 Å². The molecular weight excluding hydrogens is 262 g/mol. The standard InChI is InChI=1S/C18H19NS/c1-14(11-15-9-10-20-13-15)19-12-17-7-4-6-16-5-2-3-8-18(16)17/h2-10,13-14,19H,11-12H2,1H3. The molecule has 20 heavy (non-hydrogen) atoms. The summed E-state index contributed by atoms with van der Waals surface area (Å²) < 4.78 is 0. The van der Waals surface area contributed by atoms with E-state index >= 15 is 0 Å². The molecule has 102 valence electrons. The highest BCUT2D eigenvalue weighted by molar-refractivity contribution is 7.07. The van der Waals surface area contributed by atoms with Crippen LogP contribution in [0.15, 0.2) is 59.3 Å². The number of nitrogens with one attached hydrogen (secondary N) is 1. The van der Waals surface area contributed by atoms with Crippen molar-refractivity contribution in [2.75, 3.05) is 0 Å². The van der Waals surface area contributed by atoms with E-state index in [1.54, 1.807) is 11.3 Å². The van der Waals surface area contributed by atoms with Crippen LogP contribution in [0, 0.1) is 0 Å². The first-order valence-electron chi connectivity index (χ1n) is 7.04. The van der Waals surface area contributed by atoms with Crippen LogP contribution in [0.25, 0.3) is 10.8 Å². The van der Waals surface area contributed by atoms with Crippen molar-refractivity contribution >= 4 is 22.1 Å². The first-order chi connectivity index (χ1) is 9.83. The molecule has 1 unspecified atom stereocenters. The zero-order valence-electron chi connectivity index (χ0n) is 11.7. The third-order valence-corrected chi connectivity index (χ3v) is 4.37. The van der Waals surface area contributed by atoms with Gasteiger partial charge in [-0.25, -0.2) is 0 Å². The van der Waals surface area contributed by atoms with Gasteiger partial charge < -0.3 is 5.32 Å². The summed E-state index contributed by atoms with van der Waals surface area (Å²) in [4.78, 5) is 0. The maximum Gasteiger partial charge on any atom is 0.0214 e. The lowest BCUT2D eigenvalue weighted by atomic mass is 10.0. The summed E-state index contributed by atoms with van der Waals surface area (Å²) in [6.07, 6.45) is 1.09. The monoisotopic (exact) mass is 281 g/mol. The van der Waals surface area contributed by atoms with Crippen LogP contribution in [0.4, 0.5) is 0 Å². The molecule has 1 N–H and O–H groups in total. The zero-order chi connectivity index (χ0) is 13.8. The average molecular weight is 281 g/mol. The summed E-state index contributed by atoms with van der Waals surface area (Å²) in [5, 5.41) is 10.7. The molecule has 0 aliphatic carbocycles. The van der Waals surface area contributed by atoms with Gasteiger partial charge in [0.15, 0.2) is 0 Å². The number of benzene rings is 2. The molecule has 1 atom stereocenters. The Labute approximate surface area is 124 Å². The minimum atomic E-state index is 0.489. The SMILES string of the molecule is CC(Cc1ccsc1)NCc1cccc2ccccc12. The van der Waals surface area contributed by atoms with Crippen molar-refractivity contribution in [3.8, 4) is 0 Å². The fraction of sp³-hybridized carbons (Fsp3) is 0.222. The Hall–Kier alpha value is -1.64. The molecule has 2 aromatic carbocycles. The van der Waals surface area contributed by atoms with Crippen LogP contribution in [0.2, 0.25) is 0 Å². The fourth-order valence-electron chi connectivity index (χ4n) is 2.57. The Balaban J connectivity index is 1.67. The van der Waals surface area contributed by atoms with Crippen molar-refractivity contribution in [3.05, 3.63) is 70.4 Å². The third kappa shape index (κ3) is 3.09. The van der Waals surface area contributed by atoms with E-state index in [0.29, 0.717) is 6.04 Å². The highest BCUT2D eigenvalue weighted by Crippen LogP contribution is 2.18. The van der Waals surface area contributed by atoms with Crippen molar-refractivity contribution in [1.29, 1.82) is 0 Å². The minimum Gasteiger partial charge on any atom is -0.310 e. The van der Waals surface area contributed by atoms with Gasteiger partial charge in [-0.15, -0.1) is 0 Å². The summed E-state index contributed by atoms with van der Waals surface area (Å²) >= 11 is 1.77. The molecule has 0 radical (unpaired) electrons. The van der Waals surface area contributed by atoms with Crippen LogP contribution in [0.5, 0.6) is 0 Å². The molecule has 3 aromatic rings. The van der Waals surface area contributed by atoms with E-state index in [1.165, 1.54) is 21.9 Å². The van der Waals surface area contributed by atoms with Crippen LogP contribution in [-0.2, 0) is 13.0 Å². The molecule has 0 saturated carbocycles. The molecule has 1 nitrogen and oxygen atoms in total. The van der Waals surface area contributed by atoms with Gasteiger partial charge in [-0.05, 0) is 52.1 Å². The summed E-state index contributed by atoms with van der Waals surface area (Å²) in [6.45, 7) is 3.18. The van der Waals surface area contributed by atoms with Gasteiger partial charge in [-0.2, -0.15) is 11.3 Å². The predicted octanol–water partition coefficient (Wildman–Crippen LogP) is 4.62. The molecule has 0 bridgehead atoms. The number of hydrogen-bond donors (Lipinski definition) is 1. The molecule has 0 spiro atoms. The molecule has 0 fully saturated rings. The molecule has 2 heteroatoms. The van der Waals surface area contributed by atoms with Gasteiger partial charge in [-0.1, -0.05) is 42.5 Å². The Kier molecular flexibility index (Phi) is 4.14. The van der Waals surface area contributed by atoms with Gasteiger partial charge in [0.25, 0.3) is 0 Å². The zero-order valence-corrected chi connectivity index (χ0v) is 12.5. The maximum absolute atomic E-state index is 3.63. The Bertz CT molecular complexity index is 667. The van der Waals surface area contributed by atoms with Crippen molar-refractivity contribution in [2.24, 2.45) is 0 Å². The van der Waals surface area contributed by atoms with E-state index in [9.17, 15) is 0 Å². The fourth-order valence-corrected chi connectivity index (χ4v) is 3.25. The van der Waals surface area contributed by atoms with Crippen LogP contribution in [0.3, 0.4) is 0 Å². The highest BCUT2D eigenvalue weighted by atomic mass is 32.1. The van der Waals surface area contributed by atoms with E-state index in [-0.39, 0.29) is 0 Å². The summed E-state index contributed by atoms with van der Waals surface area (Å²) in [7, 11) is 0. The van der Waals surface area contributed by atoms with Crippen molar-refractivity contribution in [2.45, 2.75) is 25.9 Å². The van der Waals surface area contributed by atoms with Crippen LogP contribution in [-0.4, -0.2) is 6.04 Å². The lowest BCUT2D eigenvalue weighted by Gasteiger charge is -2.14. The van der Waals surface area contributed by atoms with Crippen molar-refractivity contribution < 1.29 is 0 Å². The average Bonchev–Trinajstić information content (AvgIpc) is 2.98. The molecule has 0 saturated heterocycles. The molecule has 0 aliphatic rings. The van der Waals surface area contributed by atoms with E-state index < -0.39 is 0 Å². The van der Waals surface area contributed by atoms with E-state index in [0.717, 1.165) is 13.0 Å². The topological polar surface area (TPSA) is 12.0 Å². The van der Waals surface area contributed by atoms with Crippen LogP contribution in [0.1, 0.15) is 18.1 Å². The summed E-state index contributed by atoms with van der Waals surface area (Å²) in [5.74, 6) is 0. The number of fused-ring (bicyclic) bond motifs is 1. The number of rotatable bonds is 5.